The van der Waals surface area contributed by atoms with E-state index in [0.717, 1.165) is 5.56 Å². The van der Waals surface area contributed by atoms with Crippen molar-refractivity contribution in [2.75, 3.05) is 13.2 Å². The summed E-state index contributed by atoms with van der Waals surface area (Å²) in [6.07, 6.45) is 0.582. The van der Waals surface area contributed by atoms with Gasteiger partial charge in [0.05, 0.1) is 23.8 Å². The number of phenols is 1. The number of hydrogen-bond donors (Lipinski definition) is 2. The Balaban J connectivity index is 2.04. The van der Waals surface area contributed by atoms with Crippen LogP contribution in [0.2, 0.25) is 0 Å². The lowest BCUT2D eigenvalue weighted by Gasteiger charge is -2.25. The van der Waals surface area contributed by atoms with Gasteiger partial charge in [0.1, 0.15) is 17.3 Å². The summed E-state index contributed by atoms with van der Waals surface area (Å²) in [6.45, 7) is 10.3. The number of ketones is 1. The molecule has 7 heteroatoms. The molecule has 0 spiro atoms. The summed E-state index contributed by atoms with van der Waals surface area (Å²) < 4.78 is 11.4. The van der Waals surface area contributed by atoms with Crippen molar-refractivity contribution in [3.05, 3.63) is 64.7 Å². The van der Waals surface area contributed by atoms with Gasteiger partial charge in [0.15, 0.2) is 0 Å². The molecule has 182 valence electrons. The second-order valence-corrected chi connectivity index (χ2v) is 9.01. The number of carbonyl (C=O) groups excluding carboxylic acids is 2. The third kappa shape index (κ3) is 5.59. The number of ether oxygens (including phenoxy) is 2. The molecule has 0 radical (unpaired) electrons. The second-order valence-electron chi connectivity index (χ2n) is 9.01. The van der Waals surface area contributed by atoms with Crippen LogP contribution < -0.4 is 4.74 Å². The van der Waals surface area contributed by atoms with Crippen molar-refractivity contribution in [2.24, 2.45) is 0 Å². The van der Waals surface area contributed by atoms with Crippen molar-refractivity contribution in [3.63, 3.8) is 0 Å². The quantitative estimate of drug-likeness (QED) is 0.240. The van der Waals surface area contributed by atoms with Gasteiger partial charge in [0.25, 0.3) is 11.7 Å². The van der Waals surface area contributed by atoms with Crippen LogP contribution >= 0.6 is 0 Å². The first-order valence-electron chi connectivity index (χ1n) is 11.6. The topological polar surface area (TPSA) is 96.3 Å². The fraction of sp³-hybridized carbons (Fsp3) is 0.407. The Morgan fingerprint density at radius 3 is 2.41 bits per heavy atom. The minimum atomic E-state index is -0.821. The van der Waals surface area contributed by atoms with Crippen LogP contribution in [-0.2, 0) is 14.3 Å². The normalized spacial score (nSPS) is 17.7. The standard InChI is InChI=1S/C27H33NO6/c1-16(2)33-13-7-12-28-24(19-8-6-9-21(29)15-19)23(26(31)27(28)32)25(30)20-10-11-22(18(5)14-20)34-17(3)4/h6,8-11,14-17,24,29-30H,7,12-13H2,1-5H3/b25-23-. The molecule has 1 heterocycles. The van der Waals surface area contributed by atoms with Crippen molar-refractivity contribution in [1.82, 2.24) is 4.90 Å². The van der Waals surface area contributed by atoms with Crippen LogP contribution in [-0.4, -0.2) is 52.2 Å². The van der Waals surface area contributed by atoms with Gasteiger partial charge in [-0.2, -0.15) is 0 Å². The predicted molar refractivity (Wildman–Crippen MR) is 130 cm³/mol. The van der Waals surface area contributed by atoms with Crippen molar-refractivity contribution in [2.45, 2.75) is 59.3 Å². The van der Waals surface area contributed by atoms with Gasteiger partial charge in [-0.25, -0.2) is 0 Å². The van der Waals surface area contributed by atoms with Gasteiger partial charge in [-0.3, -0.25) is 9.59 Å². The van der Waals surface area contributed by atoms with E-state index in [0.29, 0.717) is 29.9 Å². The lowest BCUT2D eigenvalue weighted by atomic mass is 9.94. The number of likely N-dealkylation sites (tertiary alicyclic amines) is 1. The summed E-state index contributed by atoms with van der Waals surface area (Å²) in [6, 6.07) is 10.7. The summed E-state index contributed by atoms with van der Waals surface area (Å²) in [5, 5.41) is 21.3. The molecule has 0 aliphatic carbocycles. The Morgan fingerprint density at radius 2 is 1.79 bits per heavy atom. The molecule has 1 aliphatic rings. The van der Waals surface area contributed by atoms with Crippen molar-refractivity contribution >= 4 is 17.4 Å². The number of amides is 1. The second kappa shape index (κ2) is 10.7. The molecular weight excluding hydrogens is 434 g/mol. The molecule has 2 N–H and O–H groups in total. The fourth-order valence-corrected chi connectivity index (χ4v) is 4.04. The van der Waals surface area contributed by atoms with E-state index in [1.54, 1.807) is 30.3 Å². The van der Waals surface area contributed by atoms with Gasteiger partial charge in [0.2, 0.25) is 0 Å². The van der Waals surface area contributed by atoms with Gasteiger partial charge in [-0.1, -0.05) is 12.1 Å². The number of benzene rings is 2. The number of aryl methyl sites for hydroxylation is 1. The minimum Gasteiger partial charge on any atom is -0.508 e. The third-order valence-electron chi connectivity index (χ3n) is 5.53. The van der Waals surface area contributed by atoms with Gasteiger partial charge >= 0.3 is 0 Å². The van der Waals surface area contributed by atoms with E-state index in [-0.39, 0.29) is 35.8 Å². The summed E-state index contributed by atoms with van der Waals surface area (Å²) in [7, 11) is 0. The lowest BCUT2D eigenvalue weighted by Crippen LogP contribution is -2.31. The molecule has 1 unspecified atom stereocenters. The minimum absolute atomic E-state index is 0.00249. The van der Waals surface area contributed by atoms with Crippen LogP contribution in [0.25, 0.3) is 5.76 Å². The number of phenolic OH excluding ortho intramolecular Hbond substituents is 1. The zero-order valence-corrected chi connectivity index (χ0v) is 20.4. The van der Waals surface area contributed by atoms with Crippen molar-refractivity contribution in [3.8, 4) is 11.5 Å². The van der Waals surface area contributed by atoms with Gasteiger partial charge < -0.3 is 24.6 Å². The molecule has 1 aliphatic heterocycles. The van der Waals surface area contributed by atoms with E-state index >= 15 is 0 Å². The van der Waals surface area contributed by atoms with E-state index in [1.807, 2.05) is 34.6 Å². The molecule has 1 amide bonds. The maximum Gasteiger partial charge on any atom is 0.295 e. The molecule has 0 aromatic heterocycles. The number of hydrogen-bond acceptors (Lipinski definition) is 6. The van der Waals surface area contributed by atoms with Crippen LogP contribution in [0.3, 0.4) is 0 Å². The molecule has 7 nitrogen and oxygen atoms in total. The van der Waals surface area contributed by atoms with Crippen LogP contribution in [0.5, 0.6) is 11.5 Å². The molecule has 2 aromatic carbocycles. The third-order valence-corrected chi connectivity index (χ3v) is 5.53. The highest BCUT2D eigenvalue weighted by Crippen LogP contribution is 2.40. The number of Topliss-reactive ketones (excluding diaryl/α,β-unsaturated/α-hetero) is 1. The van der Waals surface area contributed by atoms with Crippen molar-refractivity contribution in [1.29, 1.82) is 0 Å². The summed E-state index contributed by atoms with van der Waals surface area (Å²) in [5.41, 5.74) is 1.76. The molecule has 3 rings (SSSR count). The lowest BCUT2D eigenvalue weighted by molar-refractivity contribution is -0.140. The van der Waals surface area contributed by atoms with Gasteiger partial charge in [0, 0.05) is 18.7 Å². The van der Waals surface area contributed by atoms with E-state index in [9.17, 15) is 19.8 Å². The predicted octanol–water partition coefficient (Wildman–Crippen LogP) is 4.72. The Labute approximate surface area is 200 Å². The maximum absolute atomic E-state index is 13.1. The van der Waals surface area contributed by atoms with Gasteiger partial charge in [-0.05, 0) is 82.5 Å². The average Bonchev–Trinajstić information content (AvgIpc) is 3.02. The largest absolute Gasteiger partial charge is 0.508 e. The Morgan fingerprint density at radius 1 is 1.06 bits per heavy atom. The van der Waals surface area contributed by atoms with Crippen molar-refractivity contribution < 1.29 is 29.3 Å². The molecule has 2 aromatic rings. The van der Waals surface area contributed by atoms with E-state index in [2.05, 4.69) is 0 Å². The van der Waals surface area contributed by atoms with Crippen LogP contribution in [0.1, 0.15) is 56.8 Å². The number of nitrogens with zero attached hydrogens (tertiary/aromatic N) is 1. The number of aliphatic hydroxyl groups is 1. The highest BCUT2D eigenvalue weighted by molar-refractivity contribution is 6.46. The molecule has 1 fully saturated rings. The van der Waals surface area contributed by atoms with Crippen LogP contribution in [0, 0.1) is 6.92 Å². The number of rotatable bonds is 9. The maximum atomic E-state index is 13.1. The summed E-state index contributed by atoms with van der Waals surface area (Å²) >= 11 is 0. The highest BCUT2D eigenvalue weighted by atomic mass is 16.5. The first-order chi connectivity index (χ1) is 16.1. The summed E-state index contributed by atoms with van der Waals surface area (Å²) in [4.78, 5) is 27.5. The smallest absolute Gasteiger partial charge is 0.295 e. The van der Waals surface area contributed by atoms with E-state index < -0.39 is 17.7 Å². The van der Waals surface area contributed by atoms with E-state index in [1.165, 1.54) is 17.0 Å². The number of aliphatic hydroxyl groups excluding tert-OH is 1. The Bertz CT molecular complexity index is 1090. The van der Waals surface area contributed by atoms with Gasteiger partial charge in [-0.15, -0.1) is 0 Å². The Hall–Kier alpha value is -3.32. The van der Waals surface area contributed by atoms with E-state index in [4.69, 9.17) is 9.47 Å². The Kier molecular flexibility index (Phi) is 7.99. The monoisotopic (exact) mass is 467 g/mol. The first-order valence-corrected chi connectivity index (χ1v) is 11.6. The first kappa shape index (κ1) is 25.3. The molecule has 1 saturated heterocycles. The SMILES string of the molecule is Cc1cc(/C(O)=C2/C(=O)C(=O)N(CCCOC(C)C)C2c2cccc(O)c2)ccc1OC(C)C. The fourth-order valence-electron chi connectivity index (χ4n) is 4.04. The average molecular weight is 468 g/mol. The zero-order chi connectivity index (χ0) is 25.0. The molecule has 0 bridgehead atoms. The van der Waals surface area contributed by atoms with Crippen LogP contribution in [0.4, 0.5) is 0 Å². The van der Waals surface area contributed by atoms with Crippen LogP contribution in [0.15, 0.2) is 48.0 Å². The molecule has 1 atom stereocenters. The zero-order valence-electron chi connectivity index (χ0n) is 20.4. The number of carbonyl (C=O) groups is 2. The number of aromatic hydroxyl groups is 1. The molecular formula is C27H33NO6. The summed E-state index contributed by atoms with van der Waals surface area (Å²) in [5.74, 6) is -1.00. The molecule has 0 saturated carbocycles. The molecule has 34 heavy (non-hydrogen) atoms. The highest BCUT2D eigenvalue weighted by Gasteiger charge is 2.45.